The van der Waals surface area contributed by atoms with E-state index in [-0.39, 0.29) is 5.82 Å². The Kier molecular flexibility index (Phi) is 4.81. The number of aryl methyl sites for hydroxylation is 1. The maximum atomic E-state index is 13.6. The first-order chi connectivity index (χ1) is 9.13. The van der Waals surface area contributed by atoms with Gasteiger partial charge >= 0.3 is 0 Å². The molecular formula is C16H25FN2. The Morgan fingerprint density at radius 1 is 1.32 bits per heavy atom. The molecule has 0 amide bonds. The van der Waals surface area contributed by atoms with Gasteiger partial charge in [0.2, 0.25) is 0 Å². The maximum absolute atomic E-state index is 13.6. The van der Waals surface area contributed by atoms with Crippen LogP contribution in [-0.2, 0) is 0 Å². The van der Waals surface area contributed by atoms with Gasteiger partial charge in [-0.15, -0.1) is 0 Å². The van der Waals surface area contributed by atoms with E-state index in [0.29, 0.717) is 12.1 Å². The van der Waals surface area contributed by atoms with Gasteiger partial charge in [0.15, 0.2) is 0 Å². The Morgan fingerprint density at radius 3 is 2.74 bits per heavy atom. The fourth-order valence-corrected chi connectivity index (χ4v) is 2.97. The van der Waals surface area contributed by atoms with Crippen LogP contribution in [0.15, 0.2) is 18.2 Å². The van der Waals surface area contributed by atoms with Crippen molar-refractivity contribution < 1.29 is 4.39 Å². The molecule has 2 unspecified atom stereocenters. The molecule has 1 N–H and O–H groups in total. The van der Waals surface area contributed by atoms with Gasteiger partial charge in [0.1, 0.15) is 5.82 Å². The number of benzene rings is 1. The summed E-state index contributed by atoms with van der Waals surface area (Å²) in [5, 5.41) is 3.61. The average molecular weight is 264 g/mol. The minimum atomic E-state index is -0.129. The van der Waals surface area contributed by atoms with Crippen LogP contribution < -0.4 is 10.2 Å². The molecule has 2 rings (SSSR count). The Balaban J connectivity index is 2.21. The highest BCUT2D eigenvalue weighted by Gasteiger charge is 2.26. The lowest BCUT2D eigenvalue weighted by Gasteiger charge is -2.42. The Labute approximate surface area is 116 Å². The minimum Gasteiger partial charge on any atom is -0.366 e. The van der Waals surface area contributed by atoms with Crippen LogP contribution in [0.1, 0.15) is 38.7 Å². The van der Waals surface area contributed by atoms with E-state index in [1.807, 2.05) is 6.92 Å². The van der Waals surface area contributed by atoms with Crippen LogP contribution in [-0.4, -0.2) is 25.2 Å². The van der Waals surface area contributed by atoms with Crippen LogP contribution in [0, 0.1) is 12.7 Å². The fraction of sp³-hybridized carbons (Fsp3) is 0.625. The van der Waals surface area contributed by atoms with Crippen molar-refractivity contribution in [3.63, 3.8) is 0 Å². The lowest BCUT2D eigenvalue weighted by molar-refractivity contribution is 0.369. The van der Waals surface area contributed by atoms with Gasteiger partial charge in [-0.1, -0.05) is 20.3 Å². The fourth-order valence-electron chi connectivity index (χ4n) is 2.97. The summed E-state index contributed by atoms with van der Waals surface area (Å²) in [4.78, 5) is 2.38. The molecule has 3 heteroatoms. The largest absolute Gasteiger partial charge is 0.366 e. The van der Waals surface area contributed by atoms with E-state index in [9.17, 15) is 4.39 Å². The van der Waals surface area contributed by atoms with Gasteiger partial charge in [0.05, 0.1) is 0 Å². The van der Waals surface area contributed by atoms with Crippen LogP contribution in [0.25, 0.3) is 0 Å². The summed E-state index contributed by atoms with van der Waals surface area (Å²) < 4.78 is 13.6. The second-order valence-corrected chi connectivity index (χ2v) is 5.60. The molecule has 1 aromatic rings. The molecule has 0 radical (unpaired) electrons. The van der Waals surface area contributed by atoms with E-state index in [1.165, 1.54) is 12.8 Å². The van der Waals surface area contributed by atoms with E-state index in [0.717, 1.165) is 30.8 Å². The smallest absolute Gasteiger partial charge is 0.125 e. The molecule has 1 aliphatic heterocycles. The Hall–Kier alpha value is -1.09. The molecule has 1 heterocycles. The van der Waals surface area contributed by atoms with Crippen molar-refractivity contribution in [2.45, 2.75) is 52.1 Å². The van der Waals surface area contributed by atoms with Crippen molar-refractivity contribution in [1.29, 1.82) is 0 Å². The number of rotatable bonds is 4. The standard InChI is InChI=1S/C16H25FN2/c1-4-6-14-11-19(15(5-2)10-18-14)16-8-12(3)7-13(17)9-16/h7-9,14-15,18H,4-6,10-11H2,1-3H3. The topological polar surface area (TPSA) is 15.3 Å². The predicted molar refractivity (Wildman–Crippen MR) is 79.3 cm³/mol. The molecule has 0 bridgehead atoms. The van der Waals surface area contributed by atoms with Crippen LogP contribution in [0.5, 0.6) is 0 Å². The minimum absolute atomic E-state index is 0.129. The average Bonchev–Trinajstić information content (AvgIpc) is 2.38. The first-order valence-electron chi connectivity index (χ1n) is 7.41. The van der Waals surface area contributed by atoms with Crippen molar-refractivity contribution in [1.82, 2.24) is 5.32 Å². The zero-order valence-corrected chi connectivity index (χ0v) is 12.2. The molecular weight excluding hydrogens is 239 g/mol. The number of hydrogen-bond acceptors (Lipinski definition) is 2. The molecule has 1 aliphatic rings. The van der Waals surface area contributed by atoms with Gasteiger partial charge in [-0.05, 0) is 43.5 Å². The number of anilines is 1. The monoisotopic (exact) mass is 264 g/mol. The van der Waals surface area contributed by atoms with Gasteiger partial charge in [-0.2, -0.15) is 0 Å². The number of hydrogen-bond donors (Lipinski definition) is 1. The van der Waals surface area contributed by atoms with Crippen molar-refractivity contribution in [2.24, 2.45) is 0 Å². The second-order valence-electron chi connectivity index (χ2n) is 5.60. The van der Waals surface area contributed by atoms with Crippen LogP contribution in [0.2, 0.25) is 0 Å². The van der Waals surface area contributed by atoms with E-state index < -0.39 is 0 Å². The van der Waals surface area contributed by atoms with E-state index >= 15 is 0 Å². The van der Waals surface area contributed by atoms with E-state index in [1.54, 1.807) is 12.1 Å². The third-order valence-corrected chi connectivity index (χ3v) is 3.97. The number of nitrogens with zero attached hydrogens (tertiary/aromatic N) is 1. The molecule has 106 valence electrons. The van der Waals surface area contributed by atoms with Gasteiger partial charge < -0.3 is 10.2 Å². The molecule has 19 heavy (non-hydrogen) atoms. The SMILES string of the molecule is CCCC1CN(c2cc(C)cc(F)c2)C(CC)CN1. The van der Waals surface area contributed by atoms with E-state index in [4.69, 9.17) is 0 Å². The number of halogens is 1. The quantitative estimate of drug-likeness (QED) is 0.895. The van der Waals surface area contributed by atoms with Gasteiger partial charge in [-0.25, -0.2) is 4.39 Å². The van der Waals surface area contributed by atoms with Gasteiger partial charge in [0.25, 0.3) is 0 Å². The van der Waals surface area contributed by atoms with Crippen molar-refractivity contribution >= 4 is 5.69 Å². The van der Waals surface area contributed by atoms with Crippen LogP contribution >= 0.6 is 0 Å². The van der Waals surface area contributed by atoms with Crippen molar-refractivity contribution in [3.05, 3.63) is 29.6 Å². The molecule has 0 aromatic heterocycles. The molecule has 1 saturated heterocycles. The van der Waals surface area contributed by atoms with Gasteiger partial charge in [0, 0.05) is 30.9 Å². The first-order valence-corrected chi connectivity index (χ1v) is 7.41. The Morgan fingerprint density at radius 2 is 2.11 bits per heavy atom. The summed E-state index contributed by atoms with van der Waals surface area (Å²) in [6.45, 7) is 8.35. The summed E-state index contributed by atoms with van der Waals surface area (Å²) >= 11 is 0. The molecule has 0 spiro atoms. The lowest BCUT2D eigenvalue weighted by Crippen LogP contribution is -2.56. The predicted octanol–water partition coefficient (Wildman–Crippen LogP) is 3.49. The third kappa shape index (κ3) is 3.47. The zero-order valence-electron chi connectivity index (χ0n) is 12.2. The van der Waals surface area contributed by atoms with Crippen LogP contribution in [0.3, 0.4) is 0 Å². The van der Waals surface area contributed by atoms with Crippen molar-refractivity contribution in [2.75, 3.05) is 18.0 Å². The molecule has 1 fully saturated rings. The Bertz CT molecular complexity index is 399. The molecule has 2 atom stereocenters. The van der Waals surface area contributed by atoms with Gasteiger partial charge in [-0.3, -0.25) is 0 Å². The van der Waals surface area contributed by atoms with Crippen LogP contribution in [0.4, 0.5) is 10.1 Å². The summed E-state index contributed by atoms with van der Waals surface area (Å²) in [7, 11) is 0. The first kappa shape index (κ1) is 14.3. The molecule has 2 nitrogen and oxygen atoms in total. The van der Waals surface area contributed by atoms with Crippen molar-refractivity contribution in [3.8, 4) is 0 Å². The highest BCUT2D eigenvalue weighted by molar-refractivity contribution is 5.50. The normalized spacial score (nSPS) is 23.7. The molecule has 0 aliphatic carbocycles. The molecule has 0 saturated carbocycles. The highest BCUT2D eigenvalue weighted by Crippen LogP contribution is 2.24. The lowest BCUT2D eigenvalue weighted by atomic mass is 10.0. The number of nitrogens with one attached hydrogen (secondary N) is 1. The highest BCUT2D eigenvalue weighted by atomic mass is 19.1. The van der Waals surface area contributed by atoms with E-state index in [2.05, 4.69) is 30.1 Å². The summed E-state index contributed by atoms with van der Waals surface area (Å²) in [6.07, 6.45) is 3.45. The molecule has 1 aromatic carbocycles. The second kappa shape index (κ2) is 6.38. The summed E-state index contributed by atoms with van der Waals surface area (Å²) in [5.74, 6) is -0.129. The zero-order chi connectivity index (χ0) is 13.8. The third-order valence-electron chi connectivity index (χ3n) is 3.97. The summed E-state index contributed by atoms with van der Waals surface area (Å²) in [5.41, 5.74) is 2.03. The number of piperazine rings is 1. The summed E-state index contributed by atoms with van der Waals surface area (Å²) in [6, 6.07) is 6.35. The maximum Gasteiger partial charge on any atom is 0.125 e.